The van der Waals surface area contributed by atoms with Crippen LogP contribution in [-0.4, -0.2) is 51.2 Å². The van der Waals surface area contributed by atoms with E-state index in [1.165, 1.54) is 0 Å². The van der Waals surface area contributed by atoms with Crippen LogP contribution in [0.5, 0.6) is 0 Å². The number of H-pyrrole nitrogens is 1. The number of carbonyl (C=O) groups is 2. The third-order valence-electron chi connectivity index (χ3n) is 7.22. The van der Waals surface area contributed by atoms with Crippen molar-refractivity contribution in [3.05, 3.63) is 17.5 Å². The minimum Gasteiger partial charge on any atom is -0.350 e. The summed E-state index contributed by atoms with van der Waals surface area (Å²) >= 11 is 0. The van der Waals surface area contributed by atoms with Gasteiger partial charge in [-0.15, -0.1) is 0 Å². The Morgan fingerprint density at radius 3 is 2.96 bits per heavy atom. The monoisotopic (exact) mass is 374 g/mol. The molecule has 0 aromatic carbocycles. The molecule has 2 saturated heterocycles. The van der Waals surface area contributed by atoms with Crippen LogP contribution in [0.4, 0.5) is 4.39 Å². The molecule has 1 aromatic heterocycles. The van der Waals surface area contributed by atoms with E-state index in [4.69, 9.17) is 0 Å². The highest BCUT2D eigenvalue weighted by Gasteiger charge is 2.52. The van der Waals surface area contributed by atoms with E-state index in [0.29, 0.717) is 19.3 Å². The van der Waals surface area contributed by atoms with Crippen molar-refractivity contribution in [2.75, 3.05) is 0 Å². The van der Waals surface area contributed by atoms with Crippen molar-refractivity contribution in [3.8, 4) is 0 Å². The van der Waals surface area contributed by atoms with Crippen LogP contribution in [0.1, 0.15) is 69.0 Å². The van der Waals surface area contributed by atoms with Crippen LogP contribution in [0.2, 0.25) is 0 Å². The van der Waals surface area contributed by atoms with Crippen molar-refractivity contribution in [1.82, 2.24) is 20.4 Å². The normalized spacial score (nSPS) is 35.8. The first kappa shape index (κ1) is 17.2. The number of piperidine rings is 1. The number of fused-ring (bicyclic) bond motifs is 3. The molecule has 2 aliphatic heterocycles. The van der Waals surface area contributed by atoms with Crippen LogP contribution in [0.3, 0.4) is 0 Å². The molecule has 3 heterocycles. The van der Waals surface area contributed by atoms with Gasteiger partial charge in [-0.2, -0.15) is 5.10 Å². The van der Waals surface area contributed by atoms with Gasteiger partial charge in [-0.05, 0) is 55.9 Å². The Bertz CT molecular complexity index is 774. The zero-order valence-corrected chi connectivity index (χ0v) is 15.7. The second kappa shape index (κ2) is 6.04. The number of nitrogens with zero attached hydrogens (tertiary/aromatic N) is 2. The number of carbonyl (C=O) groups excluding carboxylic acids is 2. The summed E-state index contributed by atoms with van der Waals surface area (Å²) in [7, 11) is 0. The molecule has 1 unspecified atom stereocenters. The van der Waals surface area contributed by atoms with Crippen molar-refractivity contribution in [3.63, 3.8) is 0 Å². The fraction of sp³-hybridized carbons (Fsp3) is 0.750. The zero-order chi connectivity index (χ0) is 18.8. The topological polar surface area (TPSA) is 78.1 Å². The summed E-state index contributed by atoms with van der Waals surface area (Å²) in [6, 6.07) is -0.846. The van der Waals surface area contributed by atoms with Gasteiger partial charge in [-0.3, -0.25) is 14.7 Å². The largest absolute Gasteiger partial charge is 0.350 e. The van der Waals surface area contributed by atoms with Gasteiger partial charge in [0.2, 0.25) is 11.8 Å². The minimum atomic E-state index is -1.19. The quantitative estimate of drug-likeness (QED) is 0.848. The maximum absolute atomic E-state index is 15.3. The van der Waals surface area contributed by atoms with Crippen LogP contribution < -0.4 is 5.32 Å². The summed E-state index contributed by atoms with van der Waals surface area (Å²) in [6.07, 6.45) is 6.89. The first-order valence-corrected chi connectivity index (χ1v) is 10.2. The number of hydrogen-bond acceptors (Lipinski definition) is 3. The predicted molar refractivity (Wildman–Crippen MR) is 96.7 cm³/mol. The number of amides is 2. The lowest BCUT2D eigenvalue weighted by molar-refractivity contribution is -0.140. The lowest BCUT2D eigenvalue weighted by atomic mass is 9.92. The molecule has 2 amide bonds. The molecule has 1 saturated carbocycles. The van der Waals surface area contributed by atoms with Crippen LogP contribution in [0.25, 0.3) is 0 Å². The van der Waals surface area contributed by atoms with Crippen LogP contribution in [0, 0.1) is 5.41 Å². The highest BCUT2D eigenvalue weighted by atomic mass is 19.1. The summed E-state index contributed by atoms with van der Waals surface area (Å²) in [6.45, 7) is 2.11. The third-order valence-corrected chi connectivity index (χ3v) is 7.22. The van der Waals surface area contributed by atoms with Gasteiger partial charge >= 0.3 is 0 Å². The van der Waals surface area contributed by atoms with E-state index < -0.39 is 18.3 Å². The minimum absolute atomic E-state index is 0.0308. The third kappa shape index (κ3) is 2.86. The molecule has 1 aromatic rings. The van der Waals surface area contributed by atoms with E-state index in [1.807, 2.05) is 0 Å². The summed E-state index contributed by atoms with van der Waals surface area (Å²) in [5, 5.41) is 9.95. The van der Waals surface area contributed by atoms with E-state index >= 15 is 4.39 Å². The van der Waals surface area contributed by atoms with E-state index in [-0.39, 0.29) is 29.2 Å². The molecule has 27 heavy (non-hydrogen) atoms. The molecule has 7 heteroatoms. The molecule has 4 aliphatic rings. The number of alkyl halides is 1. The number of nitrogens with one attached hydrogen (secondary N) is 2. The Labute approximate surface area is 158 Å². The van der Waals surface area contributed by atoms with Crippen LogP contribution >= 0.6 is 0 Å². The molecular formula is C20H27FN4O2. The van der Waals surface area contributed by atoms with Crippen molar-refractivity contribution in [1.29, 1.82) is 0 Å². The Kier molecular flexibility index (Phi) is 3.85. The van der Waals surface area contributed by atoms with Gasteiger partial charge in [0.05, 0.1) is 29.9 Å². The van der Waals surface area contributed by atoms with Crippen molar-refractivity contribution in [2.24, 2.45) is 5.41 Å². The predicted octanol–water partition coefficient (Wildman–Crippen LogP) is 2.22. The summed E-state index contributed by atoms with van der Waals surface area (Å²) in [5.74, 6) is -0.234. The van der Waals surface area contributed by atoms with Gasteiger partial charge in [0.25, 0.3) is 0 Å². The summed E-state index contributed by atoms with van der Waals surface area (Å²) < 4.78 is 15.3. The highest BCUT2D eigenvalue weighted by Crippen LogP contribution is 2.48. The summed E-state index contributed by atoms with van der Waals surface area (Å²) in [5.41, 5.74) is 2.13. The molecule has 146 valence electrons. The molecule has 6 nitrogen and oxygen atoms in total. The summed E-state index contributed by atoms with van der Waals surface area (Å²) in [4.78, 5) is 27.3. The average Bonchev–Trinajstić information content (AvgIpc) is 3.02. The number of aryl methyl sites for hydroxylation is 1. The van der Waals surface area contributed by atoms with Gasteiger partial charge in [-0.25, -0.2) is 4.39 Å². The van der Waals surface area contributed by atoms with E-state index in [9.17, 15) is 9.59 Å². The molecule has 0 radical (unpaired) electrons. The fourth-order valence-corrected chi connectivity index (χ4v) is 5.36. The number of aromatic amines is 1. The van der Waals surface area contributed by atoms with Gasteiger partial charge < -0.3 is 10.2 Å². The Balaban J connectivity index is 1.28. The van der Waals surface area contributed by atoms with E-state index in [0.717, 1.165) is 43.4 Å². The second-order valence-corrected chi connectivity index (χ2v) is 9.29. The molecule has 0 spiro atoms. The van der Waals surface area contributed by atoms with Gasteiger partial charge in [0.1, 0.15) is 6.17 Å². The number of aromatic nitrogens is 2. The van der Waals surface area contributed by atoms with Crippen LogP contribution in [-0.2, 0) is 16.0 Å². The first-order chi connectivity index (χ1) is 13.0. The van der Waals surface area contributed by atoms with Crippen molar-refractivity contribution >= 4 is 11.8 Å². The second-order valence-electron chi connectivity index (χ2n) is 9.29. The Morgan fingerprint density at radius 1 is 1.37 bits per heavy atom. The number of halogens is 1. The maximum atomic E-state index is 15.3. The van der Waals surface area contributed by atoms with Gasteiger partial charge in [-0.1, -0.05) is 6.92 Å². The van der Waals surface area contributed by atoms with Gasteiger partial charge in [0, 0.05) is 12.5 Å². The molecular weight excluding hydrogens is 347 g/mol. The van der Waals surface area contributed by atoms with Crippen LogP contribution in [0.15, 0.2) is 6.20 Å². The first-order valence-electron chi connectivity index (χ1n) is 10.2. The highest BCUT2D eigenvalue weighted by molar-refractivity contribution is 5.85. The van der Waals surface area contributed by atoms with E-state index in [1.54, 1.807) is 11.1 Å². The average molecular weight is 374 g/mol. The van der Waals surface area contributed by atoms with E-state index in [2.05, 4.69) is 22.4 Å². The molecule has 2 N–H and O–H groups in total. The fourth-order valence-electron chi connectivity index (χ4n) is 5.36. The standard InChI is InChI=1S/C20H27FN4O2/c1-20(6-7-20)9-16(26)23-14-8-12-3-5-15(17(14)21)25(12)19(27)13-4-2-11-10-22-24-18(11)13/h10,12-15,17H,2-9H2,1H3,(H,22,24)(H,23,26)/t12-,13?,14+,15+,17-/m0/s1. The molecule has 2 bridgehead atoms. The van der Waals surface area contributed by atoms with Crippen molar-refractivity contribution < 1.29 is 14.0 Å². The molecule has 2 aliphatic carbocycles. The number of hydrogen-bond donors (Lipinski definition) is 2. The van der Waals surface area contributed by atoms with Gasteiger partial charge in [0.15, 0.2) is 0 Å². The number of rotatable bonds is 4. The lowest BCUT2D eigenvalue weighted by Gasteiger charge is -2.42. The molecule has 5 rings (SSSR count). The SMILES string of the molecule is CC1(CC(=O)N[C@@H]2C[C@@H]3CC[C@H]([C@H]2F)N3C(=O)C2CCc3cn[nH]c32)CC1. The molecule has 5 atom stereocenters. The zero-order valence-electron chi connectivity index (χ0n) is 15.7. The smallest absolute Gasteiger partial charge is 0.232 e. The molecule has 3 fully saturated rings. The lowest BCUT2D eigenvalue weighted by Crippen LogP contribution is -2.60. The maximum Gasteiger partial charge on any atom is 0.232 e. The Hall–Kier alpha value is -1.92. The van der Waals surface area contributed by atoms with Crippen molar-refractivity contribution in [2.45, 2.75) is 88.5 Å². The Morgan fingerprint density at radius 2 is 2.19 bits per heavy atom.